The lowest BCUT2D eigenvalue weighted by molar-refractivity contribution is 0.0941. The van der Waals surface area contributed by atoms with Gasteiger partial charge in [-0.2, -0.15) is 9.78 Å². The Labute approximate surface area is 151 Å². The minimum atomic E-state index is -0.563. The number of hydrogen-bond acceptors (Lipinski definition) is 4. The minimum Gasteiger partial charge on any atom is -0.505 e. The van der Waals surface area contributed by atoms with E-state index in [0.717, 1.165) is 20.8 Å². The summed E-state index contributed by atoms with van der Waals surface area (Å²) in [6.07, 6.45) is 0. The van der Waals surface area contributed by atoms with Gasteiger partial charge in [0.25, 0.3) is 11.5 Å². The normalized spacial score (nSPS) is 10.4. The molecule has 0 atom stereocenters. The molecule has 0 bridgehead atoms. The Kier molecular flexibility index (Phi) is 4.95. The molecule has 0 fully saturated rings. The fourth-order valence-electron chi connectivity index (χ4n) is 2.24. The predicted octanol–water partition coefficient (Wildman–Crippen LogP) is 2.63. The Balaban J connectivity index is 1.88. The van der Waals surface area contributed by atoms with Gasteiger partial charge in [0.05, 0.1) is 5.69 Å². The van der Waals surface area contributed by atoms with Crippen molar-refractivity contribution in [3.8, 4) is 11.4 Å². The number of amides is 1. The quantitative estimate of drug-likeness (QED) is 0.705. The molecule has 0 saturated carbocycles. The number of hydrogen-bond donors (Lipinski definition) is 2. The van der Waals surface area contributed by atoms with E-state index in [4.69, 9.17) is 0 Å². The van der Waals surface area contributed by atoms with Crippen LogP contribution in [0.2, 0.25) is 0 Å². The zero-order valence-corrected chi connectivity index (χ0v) is 14.6. The Hall–Kier alpha value is -2.93. The highest BCUT2D eigenvalue weighted by molar-refractivity contribution is 9.10. The Morgan fingerprint density at radius 3 is 2.48 bits per heavy atom. The molecule has 6 nitrogen and oxygen atoms in total. The molecule has 0 spiro atoms. The Morgan fingerprint density at radius 2 is 1.80 bits per heavy atom. The van der Waals surface area contributed by atoms with Crippen molar-refractivity contribution in [3.63, 3.8) is 0 Å². The van der Waals surface area contributed by atoms with Crippen LogP contribution >= 0.6 is 15.9 Å². The van der Waals surface area contributed by atoms with Gasteiger partial charge in [0.2, 0.25) is 0 Å². The van der Waals surface area contributed by atoms with Crippen molar-refractivity contribution in [2.75, 3.05) is 0 Å². The molecule has 0 aliphatic rings. The summed E-state index contributed by atoms with van der Waals surface area (Å²) in [7, 11) is 0. The molecule has 7 heteroatoms. The van der Waals surface area contributed by atoms with Crippen molar-refractivity contribution in [1.29, 1.82) is 0 Å². The number of carbonyl (C=O) groups is 1. The van der Waals surface area contributed by atoms with Crippen molar-refractivity contribution in [2.24, 2.45) is 0 Å². The summed E-state index contributed by atoms with van der Waals surface area (Å²) in [4.78, 5) is 24.4. The van der Waals surface area contributed by atoms with Crippen LogP contribution in [-0.4, -0.2) is 20.8 Å². The van der Waals surface area contributed by atoms with Crippen LogP contribution in [0.4, 0.5) is 0 Å². The third-order valence-electron chi connectivity index (χ3n) is 3.49. The van der Waals surface area contributed by atoms with Gasteiger partial charge in [-0.25, -0.2) is 0 Å². The molecule has 25 heavy (non-hydrogen) atoms. The van der Waals surface area contributed by atoms with E-state index in [1.807, 2.05) is 30.3 Å². The number of carbonyl (C=O) groups excluding carboxylic acids is 1. The maximum Gasteiger partial charge on any atom is 0.275 e. The van der Waals surface area contributed by atoms with E-state index in [9.17, 15) is 14.7 Å². The molecule has 0 radical (unpaired) electrons. The van der Waals surface area contributed by atoms with Gasteiger partial charge < -0.3 is 10.4 Å². The van der Waals surface area contributed by atoms with E-state index in [-0.39, 0.29) is 12.2 Å². The van der Waals surface area contributed by atoms with E-state index in [2.05, 4.69) is 26.3 Å². The smallest absolute Gasteiger partial charge is 0.275 e. The van der Waals surface area contributed by atoms with Crippen LogP contribution < -0.4 is 10.9 Å². The first-order valence-corrected chi connectivity index (χ1v) is 8.25. The van der Waals surface area contributed by atoms with Crippen LogP contribution in [0.15, 0.2) is 69.9 Å². The second-order valence-corrected chi connectivity index (χ2v) is 6.19. The minimum absolute atomic E-state index is 0.210. The number of halogens is 1. The fraction of sp³-hybridized carbons (Fsp3) is 0.0556. The van der Waals surface area contributed by atoms with Gasteiger partial charge in [-0.05, 0) is 29.8 Å². The van der Waals surface area contributed by atoms with Crippen LogP contribution in [0.5, 0.6) is 5.75 Å². The number of aromatic hydroxyl groups is 1. The van der Waals surface area contributed by atoms with E-state index < -0.39 is 17.2 Å². The standard InChI is InChI=1S/C18H14BrN3O3/c19-13-6-8-14(9-7-13)22-16(24)10-15(23)17(21-22)18(25)20-11-12-4-2-1-3-5-12/h1-10,23H,11H2,(H,20,25). The van der Waals surface area contributed by atoms with E-state index in [0.29, 0.717) is 5.69 Å². The van der Waals surface area contributed by atoms with Gasteiger partial charge in [-0.3, -0.25) is 9.59 Å². The first kappa shape index (κ1) is 16.9. The van der Waals surface area contributed by atoms with Gasteiger partial charge in [-0.15, -0.1) is 0 Å². The van der Waals surface area contributed by atoms with Gasteiger partial charge in [0.15, 0.2) is 11.4 Å². The summed E-state index contributed by atoms with van der Waals surface area (Å²) in [6, 6.07) is 17.2. The summed E-state index contributed by atoms with van der Waals surface area (Å²) in [5.74, 6) is -1.02. The molecule has 3 rings (SSSR count). The third kappa shape index (κ3) is 3.95. The van der Waals surface area contributed by atoms with Crippen molar-refractivity contribution in [2.45, 2.75) is 6.54 Å². The molecule has 0 aliphatic heterocycles. The highest BCUT2D eigenvalue weighted by atomic mass is 79.9. The number of benzene rings is 2. The second-order valence-electron chi connectivity index (χ2n) is 5.27. The predicted molar refractivity (Wildman–Crippen MR) is 96.8 cm³/mol. The molecule has 0 aliphatic carbocycles. The summed E-state index contributed by atoms with van der Waals surface area (Å²) < 4.78 is 1.92. The van der Waals surface area contributed by atoms with E-state index in [1.54, 1.807) is 24.3 Å². The van der Waals surface area contributed by atoms with Gasteiger partial charge in [-0.1, -0.05) is 46.3 Å². The maximum absolute atomic E-state index is 12.3. The van der Waals surface area contributed by atoms with Crippen LogP contribution in [0.3, 0.4) is 0 Å². The van der Waals surface area contributed by atoms with Crippen molar-refractivity contribution < 1.29 is 9.90 Å². The summed E-state index contributed by atoms with van der Waals surface area (Å²) in [5, 5.41) is 16.6. The molecule has 2 N–H and O–H groups in total. The average Bonchev–Trinajstić information content (AvgIpc) is 2.62. The van der Waals surface area contributed by atoms with E-state index in [1.165, 1.54) is 0 Å². The number of nitrogens with one attached hydrogen (secondary N) is 1. The number of aromatic nitrogens is 2. The lowest BCUT2D eigenvalue weighted by Gasteiger charge is -2.09. The summed E-state index contributed by atoms with van der Waals surface area (Å²) >= 11 is 3.32. The monoisotopic (exact) mass is 399 g/mol. The fourth-order valence-corrected chi connectivity index (χ4v) is 2.50. The van der Waals surface area contributed by atoms with Crippen molar-refractivity contribution in [3.05, 3.63) is 86.7 Å². The Morgan fingerprint density at radius 1 is 1.12 bits per heavy atom. The molecule has 2 aromatic carbocycles. The van der Waals surface area contributed by atoms with Crippen molar-refractivity contribution >= 4 is 21.8 Å². The van der Waals surface area contributed by atoms with Crippen LogP contribution in [0.25, 0.3) is 5.69 Å². The van der Waals surface area contributed by atoms with Gasteiger partial charge in [0.1, 0.15) is 0 Å². The van der Waals surface area contributed by atoms with Crippen molar-refractivity contribution in [1.82, 2.24) is 15.1 Å². The molecule has 1 heterocycles. The largest absolute Gasteiger partial charge is 0.505 e. The summed E-state index contributed by atoms with van der Waals surface area (Å²) in [5.41, 5.74) is 0.666. The first-order chi connectivity index (χ1) is 12.0. The molecule has 3 aromatic rings. The van der Waals surface area contributed by atoms with Gasteiger partial charge in [0, 0.05) is 17.1 Å². The SMILES string of the molecule is O=C(NCc1ccccc1)c1nn(-c2ccc(Br)cc2)c(=O)cc1O. The number of rotatable bonds is 4. The molecule has 1 amide bonds. The zero-order chi connectivity index (χ0) is 17.8. The average molecular weight is 400 g/mol. The zero-order valence-electron chi connectivity index (χ0n) is 13.0. The van der Waals surface area contributed by atoms with Crippen LogP contribution in [0.1, 0.15) is 16.1 Å². The Bertz CT molecular complexity index is 954. The lowest BCUT2D eigenvalue weighted by atomic mass is 10.2. The highest BCUT2D eigenvalue weighted by Crippen LogP contribution is 2.15. The van der Waals surface area contributed by atoms with Crippen LogP contribution in [-0.2, 0) is 6.54 Å². The molecular formula is C18H14BrN3O3. The molecule has 0 saturated heterocycles. The number of nitrogens with zero attached hydrogens (tertiary/aromatic N) is 2. The molecule has 1 aromatic heterocycles. The second kappa shape index (κ2) is 7.31. The van der Waals surface area contributed by atoms with E-state index >= 15 is 0 Å². The highest BCUT2D eigenvalue weighted by Gasteiger charge is 2.16. The summed E-state index contributed by atoms with van der Waals surface area (Å²) in [6.45, 7) is 0.290. The van der Waals surface area contributed by atoms with Crippen LogP contribution in [0, 0.1) is 0 Å². The topological polar surface area (TPSA) is 84.2 Å². The van der Waals surface area contributed by atoms with Gasteiger partial charge >= 0.3 is 0 Å². The molecular weight excluding hydrogens is 386 g/mol. The molecule has 126 valence electrons. The maximum atomic E-state index is 12.3. The lowest BCUT2D eigenvalue weighted by Crippen LogP contribution is -2.29. The third-order valence-corrected chi connectivity index (χ3v) is 4.02. The molecule has 0 unspecified atom stereocenters. The first-order valence-electron chi connectivity index (χ1n) is 7.46.